The maximum Gasteiger partial charge on any atom is 0.459 e. The minimum absolute atomic E-state index is 0.145. The number of rotatable bonds is 9. The average Bonchev–Trinajstić information content (AvgIpc) is 3.08. The average molecular weight is 544 g/mol. The number of aliphatic hydroxyl groups excluding tert-OH is 1. The summed E-state index contributed by atoms with van der Waals surface area (Å²) in [7, 11) is -3.16. The minimum atomic E-state index is -4.30. The molecule has 5 N–H and O–H groups in total. The molecule has 1 aromatic heterocycles. The van der Waals surface area contributed by atoms with E-state index >= 15 is 0 Å². The second-order valence-electron chi connectivity index (χ2n) is 7.49. The number of aliphatic hydroxyl groups is 2. The van der Waals surface area contributed by atoms with Crippen LogP contribution in [-0.4, -0.2) is 68.3 Å². The highest BCUT2D eigenvalue weighted by molar-refractivity contribution is 7.52. The smallest absolute Gasteiger partial charge is 0.459 e. The maximum atomic E-state index is 13.5. The Labute approximate surface area is 209 Å². The fourth-order valence-corrected chi connectivity index (χ4v) is 4.91. The number of carbonyl (C=O) groups excluding carboxylic acids is 1. The summed E-state index contributed by atoms with van der Waals surface area (Å²) >= 11 is 5.47. The van der Waals surface area contributed by atoms with E-state index in [1.807, 2.05) is 5.38 Å². The van der Waals surface area contributed by atoms with Crippen LogP contribution in [0.2, 0.25) is 0 Å². The van der Waals surface area contributed by atoms with Crippen molar-refractivity contribution >= 4 is 31.3 Å². The van der Waals surface area contributed by atoms with Crippen molar-refractivity contribution in [1.29, 1.82) is 0 Å². The van der Waals surface area contributed by atoms with E-state index in [0.29, 0.717) is 0 Å². The number of methoxy groups -OCH3 is 1. The molecule has 3 rings (SSSR count). The number of nitrogens with zero attached hydrogens (tertiary/aromatic N) is 3. The fraction of sp³-hybridized carbons (Fsp3) is 0.400. The summed E-state index contributed by atoms with van der Waals surface area (Å²) in [4.78, 5) is 31.3. The van der Waals surface area contributed by atoms with Gasteiger partial charge in [-0.05, 0) is 36.6 Å². The van der Waals surface area contributed by atoms with Gasteiger partial charge in [0.2, 0.25) is 11.5 Å². The Morgan fingerprint density at radius 2 is 2.14 bits per heavy atom. The normalized spacial score (nSPS) is 25.8. The lowest BCUT2D eigenvalue weighted by molar-refractivity contribution is -0.142. The third-order valence-corrected chi connectivity index (χ3v) is 6.75. The van der Waals surface area contributed by atoms with Gasteiger partial charge in [0.1, 0.15) is 30.3 Å². The van der Waals surface area contributed by atoms with E-state index in [-0.39, 0.29) is 11.7 Å². The topological polar surface area (TPSA) is 197 Å². The molecule has 1 saturated heterocycles. The van der Waals surface area contributed by atoms with Gasteiger partial charge >= 0.3 is 19.4 Å². The predicted octanol–water partition coefficient (Wildman–Crippen LogP) is -0.236. The second-order valence-corrected chi connectivity index (χ2v) is 9.38. The number of benzene rings is 1. The number of halogens is 1. The Morgan fingerprint density at radius 3 is 2.75 bits per heavy atom. The third-order valence-electron chi connectivity index (χ3n) is 5.01. The van der Waals surface area contributed by atoms with Crippen molar-refractivity contribution in [1.82, 2.24) is 19.6 Å². The van der Waals surface area contributed by atoms with Crippen molar-refractivity contribution in [2.75, 3.05) is 19.5 Å². The zero-order valence-corrected chi connectivity index (χ0v) is 20.6. The van der Waals surface area contributed by atoms with Crippen molar-refractivity contribution in [3.63, 3.8) is 0 Å². The molecule has 0 saturated carbocycles. The Morgan fingerprint density at radius 1 is 1.44 bits per heavy atom. The Hall–Kier alpha value is -3.02. The minimum Gasteiger partial charge on any atom is -0.468 e. The van der Waals surface area contributed by atoms with E-state index in [0.717, 1.165) is 18.0 Å². The van der Waals surface area contributed by atoms with Gasteiger partial charge in [-0.2, -0.15) is 10.1 Å². The molecule has 194 valence electrons. The van der Waals surface area contributed by atoms with Crippen LogP contribution in [0.15, 0.2) is 41.5 Å². The monoisotopic (exact) mass is 543 g/mol. The van der Waals surface area contributed by atoms with E-state index in [9.17, 15) is 24.4 Å². The third kappa shape index (κ3) is 6.03. The number of aromatic nitrogens is 3. The summed E-state index contributed by atoms with van der Waals surface area (Å²) in [6.07, 6.45) is -3.93. The Balaban J connectivity index is 1.87. The molecular formula is C20H23ClN5O9P. The SMILES string of the molecule is COC(=O)[C@H](C)NP(=O)(OC[C@H]1O[C@@H](n2cnc(N)nc2=O)[C@@](O)(C#CCl)[C@@H]1O)Oc1ccccc1. The van der Waals surface area contributed by atoms with Crippen molar-refractivity contribution in [2.45, 2.75) is 37.0 Å². The first-order chi connectivity index (χ1) is 17.0. The molecule has 36 heavy (non-hydrogen) atoms. The van der Waals surface area contributed by atoms with Gasteiger partial charge in [0.05, 0.1) is 13.7 Å². The van der Waals surface area contributed by atoms with Gasteiger partial charge in [-0.1, -0.05) is 18.2 Å². The number of carbonyl (C=O) groups is 1. The van der Waals surface area contributed by atoms with Crippen molar-refractivity contribution in [2.24, 2.45) is 0 Å². The van der Waals surface area contributed by atoms with Crippen LogP contribution in [0.4, 0.5) is 5.95 Å². The molecule has 1 aliphatic heterocycles. The van der Waals surface area contributed by atoms with Gasteiger partial charge in [-0.25, -0.2) is 14.3 Å². The van der Waals surface area contributed by atoms with Crippen molar-refractivity contribution < 1.29 is 38.1 Å². The van der Waals surface area contributed by atoms with E-state index < -0.39 is 56.1 Å². The Bertz CT molecular complexity index is 1250. The van der Waals surface area contributed by atoms with Gasteiger partial charge < -0.3 is 29.9 Å². The second kappa shape index (κ2) is 11.4. The van der Waals surface area contributed by atoms with Crippen LogP contribution in [0.3, 0.4) is 0 Å². The first-order valence-corrected chi connectivity index (χ1v) is 12.2. The molecule has 14 nitrogen and oxygen atoms in total. The molecule has 0 bridgehead atoms. The molecule has 0 radical (unpaired) electrons. The molecule has 0 amide bonds. The molecule has 0 aliphatic carbocycles. The molecule has 2 heterocycles. The lowest BCUT2D eigenvalue weighted by Gasteiger charge is -2.26. The highest BCUT2D eigenvalue weighted by Gasteiger charge is 2.57. The molecule has 1 fully saturated rings. The van der Waals surface area contributed by atoms with E-state index in [1.165, 1.54) is 19.1 Å². The van der Waals surface area contributed by atoms with Crippen LogP contribution < -0.4 is 21.0 Å². The van der Waals surface area contributed by atoms with Crippen LogP contribution in [-0.2, 0) is 23.4 Å². The number of ether oxygens (including phenoxy) is 2. The lowest BCUT2D eigenvalue weighted by Crippen LogP contribution is -2.48. The van der Waals surface area contributed by atoms with Gasteiger partial charge in [0, 0.05) is 5.38 Å². The molecule has 1 aromatic carbocycles. The zero-order valence-electron chi connectivity index (χ0n) is 19.0. The maximum absolute atomic E-state index is 13.5. The van der Waals surface area contributed by atoms with Crippen LogP contribution in [0, 0.1) is 11.3 Å². The number of esters is 1. The lowest BCUT2D eigenvalue weighted by atomic mass is 9.95. The van der Waals surface area contributed by atoms with Crippen LogP contribution in [0.1, 0.15) is 13.2 Å². The van der Waals surface area contributed by atoms with E-state index in [2.05, 4.69) is 25.7 Å². The first kappa shape index (κ1) is 27.6. The predicted molar refractivity (Wildman–Crippen MR) is 124 cm³/mol. The van der Waals surface area contributed by atoms with Crippen molar-refractivity contribution in [3.8, 4) is 17.0 Å². The highest BCUT2D eigenvalue weighted by atomic mass is 35.5. The number of nitrogens with two attached hydrogens (primary N) is 1. The summed E-state index contributed by atoms with van der Waals surface area (Å²) in [5, 5.41) is 26.2. The molecule has 16 heteroatoms. The zero-order chi connectivity index (χ0) is 26.5. The quantitative estimate of drug-likeness (QED) is 0.184. The largest absolute Gasteiger partial charge is 0.468 e. The standard InChI is InChI=1S/C20H23ClN5O9P/c1-12(16(28)32-2)25-36(31,35-13-6-4-3-5-7-13)33-10-14-15(27)20(30,8-9-21)17(34-14)26-11-23-18(22)24-19(26)29/h3-7,11-12,14-15,17,27,30H,10H2,1-2H3,(H,25,31)(H2,22,24,29)/t12-,14+,15+,17+,20+,36?/m0/s1. The Kier molecular flexibility index (Phi) is 8.70. The molecule has 1 unspecified atom stereocenters. The summed E-state index contributed by atoms with van der Waals surface area (Å²) in [6.45, 7) is 0.717. The molecule has 2 aromatic rings. The molecule has 6 atom stereocenters. The molecule has 0 spiro atoms. The van der Waals surface area contributed by atoms with Gasteiger partial charge in [-0.3, -0.25) is 13.9 Å². The summed E-state index contributed by atoms with van der Waals surface area (Å²) in [5.41, 5.74) is 2.02. The molecule has 1 aliphatic rings. The number of hydrogen-bond donors (Lipinski definition) is 4. The number of hydrogen-bond acceptors (Lipinski definition) is 12. The highest BCUT2D eigenvalue weighted by Crippen LogP contribution is 2.46. The van der Waals surface area contributed by atoms with Gasteiger partial charge in [-0.15, -0.1) is 0 Å². The number of nitrogens with one attached hydrogen (secondary N) is 1. The van der Waals surface area contributed by atoms with Crippen LogP contribution in [0.5, 0.6) is 5.75 Å². The molecular weight excluding hydrogens is 521 g/mol. The van der Waals surface area contributed by atoms with E-state index in [4.69, 9.17) is 31.1 Å². The van der Waals surface area contributed by atoms with Gasteiger partial charge in [0.15, 0.2) is 6.23 Å². The van der Waals surface area contributed by atoms with Crippen LogP contribution in [0.25, 0.3) is 0 Å². The number of anilines is 1. The first-order valence-electron chi connectivity index (χ1n) is 10.3. The fourth-order valence-electron chi connectivity index (χ4n) is 3.26. The van der Waals surface area contributed by atoms with Gasteiger partial charge in [0.25, 0.3) is 0 Å². The van der Waals surface area contributed by atoms with Crippen LogP contribution >= 0.6 is 19.3 Å². The summed E-state index contributed by atoms with van der Waals surface area (Å²) in [6, 6.07) is 6.83. The van der Waals surface area contributed by atoms with Crippen molar-refractivity contribution in [3.05, 3.63) is 47.1 Å². The number of nitrogen functional groups attached to an aromatic ring is 1. The summed E-state index contributed by atoms with van der Waals surface area (Å²) in [5.74, 6) is 1.27. The summed E-state index contributed by atoms with van der Waals surface area (Å²) < 4.78 is 35.4. The van der Waals surface area contributed by atoms with E-state index in [1.54, 1.807) is 18.2 Å². The number of para-hydroxylation sites is 1.